The number of nitrogens with zero attached hydrogens (tertiary/aromatic N) is 1. The van der Waals surface area contributed by atoms with Crippen LogP contribution in [0, 0.1) is 5.82 Å². The Morgan fingerprint density at radius 1 is 1.40 bits per heavy atom. The molecule has 2 rings (SSSR count). The number of benzene rings is 1. The third-order valence-corrected chi connectivity index (χ3v) is 3.56. The van der Waals surface area contributed by atoms with Crippen molar-refractivity contribution in [1.29, 1.82) is 0 Å². The van der Waals surface area contributed by atoms with Crippen LogP contribution >= 0.6 is 11.8 Å². The molecule has 0 unspecified atom stereocenters. The zero-order valence-corrected chi connectivity index (χ0v) is 11.6. The zero-order chi connectivity index (χ0) is 14.5. The normalized spacial score (nSPS) is 10.3. The minimum Gasteiger partial charge on any atom is -0.462 e. The van der Waals surface area contributed by atoms with E-state index >= 15 is 0 Å². The minimum atomic E-state index is -0.511. The SMILES string of the molecule is CCOC(=O)c1ccnc(Sc2ccccc2F)c1N. The number of esters is 1. The van der Waals surface area contributed by atoms with Crippen LogP contribution in [0.2, 0.25) is 0 Å². The van der Waals surface area contributed by atoms with E-state index in [1.807, 2.05) is 0 Å². The molecule has 104 valence electrons. The van der Waals surface area contributed by atoms with E-state index in [9.17, 15) is 9.18 Å². The minimum absolute atomic E-state index is 0.194. The van der Waals surface area contributed by atoms with Crippen molar-refractivity contribution in [2.45, 2.75) is 16.8 Å². The number of pyridine rings is 1. The molecule has 0 atom stereocenters. The number of halogens is 1. The molecule has 0 radical (unpaired) electrons. The monoisotopic (exact) mass is 292 g/mol. The lowest BCUT2D eigenvalue weighted by atomic mass is 10.2. The van der Waals surface area contributed by atoms with Gasteiger partial charge in [0.1, 0.15) is 10.8 Å². The highest BCUT2D eigenvalue weighted by atomic mass is 32.2. The molecule has 1 heterocycles. The second-order valence-corrected chi connectivity index (χ2v) is 4.86. The molecule has 4 nitrogen and oxygen atoms in total. The highest BCUT2D eigenvalue weighted by Crippen LogP contribution is 2.33. The number of carbonyl (C=O) groups excluding carboxylic acids is 1. The molecule has 2 N–H and O–H groups in total. The number of hydrogen-bond donors (Lipinski definition) is 1. The summed E-state index contributed by atoms with van der Waals surface area (Å²) in [6.45, 7) is 1.97. The summed E-state index contributed by atoms with van der Waals surface area (Å²) < 4.78 is 18.5. The quantitative estimate of drug-likeness (QED) is 0.877. The molecular weight excluding hydrogens is 279 g/mol. The van der Waals surface area contributed by atoms with Crippen molar-refractivity contribution >= 4 is 23.4 Å². The maximum atomic E-state index is 13.6. The fraction of sp³-hybridized carbons (Fsp3) is 0.143. The van der Waals surface area contributed by atoms with Crippen LogP contribution in [0.25, 0.3) is 0 Å². The molecule has 1 aromatic heterocycles. The van der Waals surface area contributed by atoms with Crippen molar-refractivity contribution in [3.63, 3.8) is 0 Å². The number of hydrogen-bond acceptors (Lipinski definition) is 5. The molecule has 0 aliphatic heterocycles. The summed E-state index contributed by atoms with van der Waals surface area (Å²) in [4.78, 5) is 16.2. The lowest BCUT2D eigenvalue weighted by Crippen LogP contribution is -2.09. The molecule has 0 bridgehead atoms. The first-order chi connectivity index (χ1) is 9.63. The Hall–Kier alpha value is -2.08. The fourth-order valence-corrected chi connectivity index (χ4v) is 2.41. The fourth-order valence-electron chi connectivity index (χ4n) is 1.55. The summed E-state index contributed by atoms with van der Waals surface area (Å²) in [6, 6.07) is 7.78. The molecule has 0 fully saturated rings. The second-order valence-electron chi connectivity index (χ2n) is 3.83. The average Bonchev–Trinajstić information content (AvgIpc) is 2.43. The van der Waals surface area contributed by atoms with E-state index in [0.717, 1.165) is 11.8 Å². The molecule has 0 amide bonds. The molecule has 20 heavy (non-hydrogen) atoms. The van der Waals surface area contributed by atoms with E-state index in [4.69, 9.17) is 10.5 Å². The first-order valence-electron chi connectivity index (χ1n) is 5.97. The van der Waals surface area contributed by atoms with E-state index in [0.29, 0.717) is 9.92 Å². The highest BCUT2D eigenvalue weighted by Gasteiger charge is 2.16. The maximum Gasteiger partial charge on any atom is 0.340 e. The van der Waals surface area contributed by atoms with Gasteiger partial charge in [0.2, 0.25) is 0 Å². The van der Waals surface area contributed by atoms with Gasteiger partial charge in [0, 0.05) is 11.1 Å². The van der Waals surface area contributed by atoms with E-state index in [1.165, 1.54) is 18.3 Å². The molecular formula is C14H13FN2O2S. The van der Waals surface area contributed by atoms with Crippen molar-refractivity contribution in [1.82, 2.24) is 4.98 Å². The standard InChI is InChI=1S/C14H13FN2O2S/c1-2-19-14(18)9-7-8-17-13(12(9)16)20-11-6-4-3-5-10(11)15/h3-8H,2,16H2,1H3. The molecule has 1 aromatic carbocycles. The van der Waals surface area contributed by atoms with Gasteiger partial charge in [-0.1, -0.05) is 23.9 Å². The molecule has 6 heteroatoms. The van der Waals surface area contributed by atoms with Gasteiger partial charge in [0.15, 0.2) is 0 Å². The van der Waals surface area contributed by atoms with Gasteiger partial charge in [-0.3, -0.25) is 0 Å². The van der Waals surface area contributed by atoms with E-state index in [2.05, 4.69) is 4.98 Å². The lowest BCUT2D eigenvalue weighted by Gasteiger charge is -2.09. The molecule has 0 aliphatic carbocycles. The molecule has 0 spiro atoms. The first kappa shape index (κ1) is 14.3. The van der Waals surface area contributed by atoms with Gasteiger partial charge in [-0.25, -0.2) is 14.2 Å². The zero-order valence-electron chi connectivity index (χ0n) is 10.8. The van der Waals surface area contributed by atoms with Gasteiger partial charge in [-0.15, -0.1) is 0 Å². The lowest BCUT2D eigenvalue weighted by molar-refractivity contribution is 0.0527. The van der Waals surface area contributed by atoms with Crippen LogP contribution in [0.15, 0.2) is 46.5 Å². The van der Waals surface area contributed by atoms with Crippen LogP contribution < -0.4 is 5.73 Å². The summed E-state index contributed by atoms with van der Waals surface area (Å²) in [5.41, 5.74) is 6.34. The van der Waals surface area contributed by atoms with E-state index in [-0.39, 0.29) is 23.7 Å². The van der Waals surface area contributed by atoms with Crippen molar-refractivity contribution < 1.29 is 13.9 Å². The Morgan fingerprint density at radius 2 is 2.15 bits per heavy atom. The Kier molecular flexibility index (Phi) is 4.57. The van der Waals surface area contributed by atoms with Crippen LogP contribution in [0.1, 0.15) is 17.3 Å². The van der Waals surface area contributed by atoms with Crippen LogP contribution in [0.3, 0.4) is 0 Å². The number of rotatable bonds is 4. The van der Waals surface area contributed by atoms with Crippen LogP contribution in [-0.4, -0.2) is 17.6 Å². The summed E-state index contributed by atoms with van der Waals surface area (Å²) in [5, 5.41) is 0.376. The van der Waals surface area contributed by atoms with Crippen LogP contribution in [0.4, 0.5) is 10.1 Å². The second kappa shape index (κ2) is 6.38. The number of aromatic nitrogens is 1. The smallest absolute Gasteiger partial charge is 0.340 e. The summed E-state index contributed by atoms with van der Waals surface area (Å²) in [5.74, 6) is -0.872. The summed E-state index contributed by atoms with van der Waals surface area (Å²) in [7, 11) is 0. The highest BCUT2D eigenvalue weighted by molar-refractivity contribution is 7.99. The third kappa shape index (κ3) is 3.08. The predicted octanol–water partition coefficient (Wildman–Crippen LogP) is 3.13. The Labute approximate surface area is 120 Å². The number of carbonyl (C=O) groups is 1. The van der Waals surface area contributed by atoms with E-state index in [1.54, 1.807) is 25.1 Å². The van der Waals surface area contributed by atoms with E-state index < -0.39 is 5.97 Å². The summed E-state index contributed by atoms with van der Waals surface area (Å²) >= 11 is 1.07. The number of nitrogen functional groups attached to an aromatic ring is 1. The maximum absolute atomic E-state index is 13.6. The van der Waals surface area contributed by atoms with Gasteiger partial charge in [-0.05, 0) is 25.1 Å². The average molecular weight is 292 g/mol. The van der Waals surface area contributed by atoms with Crippen molar-refractivity contribution in [2.75, 3.05) is 12.3 Å². The molecule has 0 saturated heterocycles. The molecule has 0 saturated carbocycles. The largest absolute Gasteiger partial charge is 0.462 e. The number of ether oxygens (including phenoxy) is 1. The Bertz CT molecular complexity index is 634. The van der Waals surface area contributed by atoms with Crippen molar-refractivity contribution in [2.24, 2.45) is 0 Å². The van der Waals surface area contributed by atoms with Crippen molar-refractivity contribution in [3.05, 3.63) is 47.9 Å². The van der Waals surface area contributed by atoms with Gasteiger partial charge in [0.05, 0.1) is 17.9 Å². The van der Waals surface area contributed by atoms with Crippen LogP contribution in [-0.2, 0) is 4.74 Å². The van der Waals surface area contributed by atoms with Gasteiger partial charge in [-0.2, -0.15) is 0 Å². The summed E-state index contributed by atoms with van der Waals surface area (Å²) in [6.07, 6.45) is 1.45. The Morgan fingerprint density at radius 3 is 2.85 bits per heavy atom. The molecule has 0 aliphatic rings. The molecule has 2 aromatic rings. The van der Waals surface area contributed by atoms with Gasteiger partial charge in [0.25, 0.3) is 0 Å². The first-order valence-corrected chi connectivity index (χ1v) is 6.79. The third-order valence-electron chi connectivity index (χ3n) is 2.49. The van der Waals surface area contributed by atoms with Gasteiger partial charge >= 0.3 is 5.97 Å². The number of anilines is 1. The Balaban J connectivity index is 2.32. The van der Waals surface area contributed by atoms with Gasteiger partial charge < -0.3 is 10.5 Å². The van der Waals surface area contributed by atoms with Crippen molar-refractivity contribution in [3.8, 4) is 0 Å². The topological polar surface area (TPSA) is 65.2 Å². The predicted molar refractivity (Wildman–Crippen MR) is 75.1 cm³/mol. The number of nitrogens with two attached hydrogens (primary N) is 1. The van der Waals surface area contributed by atoms with Crippen LogP contribution in [0.5, 0.6) is 0 Å².